The van der Waals surface area contributed by atoms with Gasteiger partial charge in [0.05, 0.1) is 0 Å². The number of hydrogen-bond donors (Lipinski definition) is 0. The van der Waals surface area contributed by atoms with Crippen molar-refractivity contribution in [2.24, 2.45) is 0 Å². The number of rotatable bonds is 4. The third-order valence-electron chi connectivity index (χ3n) is 1.49. The van der Waals surface area contributed by atoms with Gasteiger partial charge in [-0.2, -0.15) is 0 Å². The lowest BCUT2D eigenvalue weighted by Gasteiger charge is -2.07. The number of hydrogen-bond acceptors (Lipinski definition) is 2. The van der Waals surface area contributed by atoms with Gasteiger partial charge < -0.3 is 4.52 Å². The van der Waals surface area contributed by atoms with E-state index in [0.29, 0.717) is 5.75 Å². The van der Waals surface area contributed by atoms with E-state index in [1.807, 2.05) is 6.07 Å². The molecule has 6 heteroatoms. The van der Waals surface area contributed by atoms with Crippen LogP contribution in [0.15, 0.2) is 24.3 Å². The normalized spacial score (nSPS) is 11.4. The van der Waals surface area contributed by atoms with Gasteiger partial charge >= 0.3 is 6.07 Å². The van der Waals surface area contributed by atoms with Gasteiger partial charge in [-0.25, -0.2) is 4.57 Å². The minimum absolute atomic E-state index is 0.428. The summed E-state index contributed by atoms with van der Waals surface area (Å²) in [6, 6.07) is 7.17. The summed E-state index contributed by atoms with van der Waals surface area (Å²) in [5, 5.41) is 0.857. The Morgan fingerprint density at radius 2 is 2.14 bits per heavy atom. The van der Waals surface area contributed by atoms with Crippen LogP contribution >= 0.6 is 44.5 Å². The number of benzene rings is 1. The molecular formula is C8H8BrCl2O2P. The van der Waals surface area contributed by atoms with Crippen LogP contribution in [0, 0.1) is 0 Å². The zero-order valence-corrected chi connectivity index (χ0v) is 11.1. The summed E-state index contributed by atoms with van der Waals surface area (Å²) in [5.41, 5.74) is 1.07. The molecule has 78 valence electrons. The van der Waals surface area contributed by atoms with Crippen LogP contribution < -0.4 is 4.52 Å². The lowest BCUT2D eigenvalue weighted by Crippen LogP contribution is -1.87. The Kier molecular flexibility index (Phi) is 4.78. The van der Waals surface area contributed by atoms with Crippen molar-refractivity contribution >= 4 is 44.5 Å². The molecule has 1 rings (SSSR count). The van der Waals surface area contributed by atoms with E-state index in [-0.39, 0.29) is 0 Å². The summed E-state index contributed by atoms with van der Waals surface area (Å²) >= 11 is 13.9. The first-order chi connectivity index (χ1) is 6.51. The van der Waals surface area contributed by atoms with E-state index in [0.717, 1.165) is 17.3 Å². The third-order valence-corrected chi connectivity index (χ3v) is 2.73. The molecule has 0 spiro atoms. The van der Waals surface area contributed by atoms with Gasteiger partial charge in [0.2, 0.25) is 0 Å². The summed E-state index contributed by atoms with van der Waals surface area (Å²) in [4.78, 5) is 0. The maximum Gasteiger partial charge on any atom is 0.428 e. The Labute approximate surface area is 101 Å². The summed E-state index contributed by atoms with van der Waals surface area (Å²) in [6.07, 6.45) is -2.63. The van der Waals surface area contributed by atoms with Gasteiger partial charge in [0.25, 0.3) is 0 Å². The molecule has 0 aromatic heterocycles. The minimum atomic E-state index is -3.49. The molecule has 0 saturated heterocycles. The summed E-state index contributed by atoms with van der Waals surface area (Å²) in [6.45, 7) is 0. The standard InChI is InChI=1S/C8H8BrCl2O2P/c9-5-4-7-2-1-3-8(6-7)13-14(10,11)12/h1-3,6H,4-5H2. The first-order valence-electron chi connectivity index (χ1n) is 3.85. The molecule has 0 aliphatic rings. The van der Waals surface area contributed by atoms with Gasteiger partial charge in [-0.05, 0) is 24.1 Å². The zero-order chi connectivity index (χ0) is 10.6. The Morgan fingerprint density at radius 3 is 2.71 bits per heavy atom. The smallest absolute Gasteiger partial charge is 0.422 e. The number of alkyl halides is 1. The highest BCUT2D eigenvalue weighted by atomic mass is 79.9. The summed E-state index contributed by atoms with van der Waals surface area (Å²) in [5.74, 6) is 0.428. The fourth-order valence-corrected chi connectivity index (χ4v) is 2.28. The lowest BCUT2D eigenvalue weighted by atomic mass is 10.2. The topological polar surface area (TPSA) is 26.3 Å². The third kappa shape index (κ3) is 4.70. The van der Waals surface area contributed by atoms with Crippen LogP contribution in [0.25, 0.3) is 0 Å². The average molecular weight is 318 g/mol. The predicted octanol–water partition coefficient (Wildman–Crippen LogP) is 4.59. The van der Waals surface area contributed by atoms with Crippen LogP contribution in [0.2, 0.25) is 0 Å². The molecule has 14 heavy (non-hydrogen) atoms. The summed E-state index contributed by atoms with van der Waals surface area (Å²) in [7, 11) is 0. The van der Waals surface area contributed by atoms with Crippen molar-refractivity contribution in [2.75, 3.05) is 5.33 Å². The Bertz CT molecular complexity index is 353. The van der Waals surface area contributed by atoms with Gasteiger partial charge in [-0.1, -0.05) is 28.1 Å². The largest absolute Gasteiger partial charge is 0.428 e. The van der Waals surface area contributed by atoms with Crippen LogP contribution in [-0.4, -0.2) is 5.33 Å². The number of aryl methyl sites for hydroxylation is 1. The lowest BCUT2D eigenvalue weighted by molar-refractivity contribution is 0.513. The van der Waals surface area contributed by atoms with E-state index in [1.54, 1.807) is 18.2 Å². The van der Waals surface area contributed by atoms with Crippen molar-refractivity contribution in [1.29, 1.82) is 0 Å². The number of halogens is 3. The maximum absolute atomic E-state index is 11.0. The molecule has 0 atom stereocenters. The highest BCUT2D eigenvalue weighted by Crippen LogP contribution is 2.57. The van der Waals surface area contributed by atoms with E-state index in [1.165, 1.54) is 0 Å². The van der Waals surface area contributed by atoms with Crippen molar-refractivity contribution in [1.82, 2.24) is 0 Å². The predicted molar refractivity (Wildman–Crippen MR) is 63.9 cm³/mol. The van der Waals surface area contributed by atoms with E-state index in [9.17, 15) is 4.57 Å². The molecule has 0 aliphatic heterocycles. The average Bonchev–Trinajstić information content (AvgIpc) is 2.02. The van der Waals surface area contributed by atoms with E-state index < -0.39 is 6.07 Å². The van der Waals surface area contributed by atoms with Crippen molar-refractivity contribution in [3.63, 3.8) is 0 Å². The van der Waals surface area contributed by atoms with E-state index >= 15 is 0 Å². The highest BCUT2D eigenvalue weighted by molar-refractivity contribution is 9.09. The first-order valence-corrected chi connectivity index (χ1v) is 8.41. The molecule has 0 heterocycles. The molecule has 0 saturated carbocycles. The van der Waals surface area contributed by atoms with Gasteiger partial charge in [-0.3, -0.25) is 0 Å². The van der Waals surface area contributed by atoms with Crippen molar-refractivity contribution in [3.8, 4) is 5.75 Å². The molecule has 2 nitrogen and oxygen atoms in total. The minimum Gasteiger partial charge on any atom is -0.422 e. The molecule has 0 radical (unpaired) electrons. The fourth-order valence-electron chi connectivity index (χ4n) is 0.990. The van der Waals surface area contributed by atoms with Crippen LogP contribution in [0.1, 0.15) is 5.56 Å². The van der Waals surface area contributed by atoms with Crippen molar-refractivity contribution in [2.45, 2.75) is 6.42 Å². The molecule has 0 fully saturated rings. The van der Waals surface area contributed by atoms with Crippen molar-refractivity contribution < 1.29 is 9.09 Å². The zero-order valence-electron chi connectivity index (χ0n) is 7.12. The molecule has 0 unspecified atom stereocenters. The van der Waals surface area contributed by atoms with Crippen LogP contribution in [0.4, 0.5) is 0 Å². The molecule has 0 aliphatic carbocycles. The van der Waals surface area contributed by atoms with Gasteiger partial charge in [0.1, 0.15) is 5.75 Å². The Morgan fingerprint density at radius 1 is 1.43 bits per heavy atom. The Balaban J connectivity index is 2.78. The fraction of sp³-hybridized carbons (Fsp3) is 0.250. The molecule has 0 bridgehead atoms. The van der Waals surface area contributed by atoms with Crippen LogP contribution in [0.3, 0.4) is 0 Å². The van der Waals surface area contributed by atoms with Crippen LogP contribution in [-0.2, 0) is 11.0 Å². The van der Waals surface area contributed by atoms with E-state index in [4.69, 9.17) is 27.0 Å². The van der Waals surface area contributed by atoms with E-state index in [2.05, 4.69) is 15.9 Å². The second-order valence-electron chi connectivity index (χ2n) is 2.59. The van der Waals surface area contributed by atoms with Gasteiger partial charge in [0, 0.05) is 27.8 Å². The van der Waals surface area contributed by atoms with Gasteiger partial charge in [-0.15, -0.1) is 0 Å². The second kappa shape index (κ2) is 5.41. The second-order valence-corrected chi connectivity index (χ2v) is 7.59. The summed E-state index contributed by atoms with van der Waals surface area (Å²) < 4.78 is 15.8. The molecule has 1 aromatic carbocycles. The highest BCUT2D eigenvalue weighted by Gasteiger charge is 2.15. The maximum atomic E-state index is 11.0. The Hall–Kier alpha value is 0.310. The van der Waals surface area contributed by atoms with Crippen LogP contribution in [0.5, 0.6) is 5.75 Å². The SMILES string of the molecule is O=P(Cl)(Cl)Oc1cccc(CCBr)c1. The monoisotopic (exact) mass is 316 g/mol. The molecule has 1 aromatic rings. The quantitative estimate of drug-likeness (QED) is 0.600. The van der Waals surface area contributed by atoms with Crippen molar-refractivity contribution in [3.05, 3.63) is 29.8 Å². The molecule has 0 amide bonds. The first kappa shape index (κ1) is 12.4. The molecular weight excluding hydrogens is 310 g/mol. The molecule has 0 N–H and O–H groups in total. The van der Waals surface area contributed by atoms with Gasteiger partial charge in [0.15, 0.2) is 0 Å².